The average Bonchev–Trinajstić information content (AvgIpc) is 3.25. The summed E-state index contributed by atoms with van der Waals surface area (Å²) in [6.07, 6.45) is 0. The number of rotatable bonds is 8. The first-order valence-corrected chi connectivity index (χ1v) is 8.46. The molecule has 0 aliphatic carbocycles. The Morgan fingerprint density at radius 3 is 2.37 bits per heavy atom. The SMILES string of the molecule is CCOc1ccc(OCC(=O)OCc2nnc(-c3cc(C)oc3C)o2)cc1. The second kappa shape index (κ2) is 8.39. The van der Waals surface area contributed by atoms with Gasteiger partial charge < -0.3 is 23.0 Å². The summed E-state index contributed by atoms with van der Waals surface area (Å²) in [5, 5.41) is 7.81. The van der Waals surface area contributed by atoms with E-state index < -0.39 is 5.97 Å². The van der Waals surface area contributed by atoms with Crippen molar-refractivity contribution >= 4 is 5.97 Å². The number of hydrogen-bond acceptors (Lipinski definition) is 8. The molecule has 0 aliphatic heterocycles. The molecule has 2 heterocycles. The lowest BCUT2D eigenvalue weighted by Crippen LogP contribution is -2.14. The number of ether oxygens (including phenoxy) is 3. The molecule has 0 aliphatic rings. The molecular weight excluding hydrogens is 352 g/mol. The van der Waals surface area contributed by atoms with Gasteiger partial charge in [0.15, 0.2) is 13.2 Å². The number of carbonyl (C=O) groups excluding carboxylic acids is 1. The Balaban J connectivity index is 1.47. The second-order valence-electron chi connectivity index (χ2n) is 5.68. The van der Waals surface area contributed by atoms with Crippen molar-refractivity contribution < 1.29 is 27.8 Å². The zero-order chi connectivity index (χ0) is 19.2. The summed E-state index contributed by atoms with van der Waals surface area (Å²) in [4.78, 5) is 11.8. The molecular formula is C19H20N2O6. The van der Waals surface area contributed by atoms with Gasteiger partial charge in [-0.05, 0) is 51.1 Å². The molecule has 0 saturated heterocycles. The Morgan fingerprint density at radius 2 is 1.74 bits per heavy atom. The van der Waals surface area contributed by atoms with Crippen LogP contribution in [0, 0.1) is 13.8 Å². The Kier molecular flexibility index (Phi) is 5.75. The number of furan rings is 1. The van der Waals surface area contributed by atoms with Gasteiger partial charge in [0.25, 0.3) is 11.8 Å². The van der Waals surface area contributed by atoms with Crippen LogP contribution in [0.15, 0.2) is 39.2 Å². The molecule has 3 rings (SSSR count). The molecule has 1 aromatic carbocycles. The van der Waals surface area contributed by atoms with Crippen LogP contribution >= 0.6 is 0 Å². The van der Waals surface area contributed by atoms with Gasteiger partial charge in [-0.15, -0.1) is 10.2 Å². The highest BCUT2D eigenvalue weighted by Crippen LogP contribution is 2.25. The summed E-state index contributed by atoms with van der Waals surface area (Å²) in [7, 11) is 0. The molecule has 0 N–H and O–H groups in total. The van der Waals surface area contributed by atoms with E-state index >= 15 is 0 Å². The number of aryl methyl sites for hydroxylation is 2. The molecule has 142 valence electrons. The van der Waals surface area contributed by atoms with Crippen molar-refractivity contribution in [3.8, 4) is 23.0 Å². The predicted molar refractivity (Wildman–Crippen MR) is 94.4 cm³/mol. The lowest BCUT2D eigenvalue weighted by atomic mass is 10.2. The van der Waals surface area contributed by atoms with Gasteiger partial charge in [0.05, 0.1) is 12.2 Å². The van der Waals surface area contributed by atoms with Gasteiger partial charge in [-0.3, -0.25) is 0 Å². The molecule has 8 heteroatoms. The minimum absolute atomic E-state index is 0.131. The molecule has 8 nitrogen and oxygen atoms in total. The van der Waals surface area contributed by atoms with Crippen molar-refractivity contribution in [2.24, 2.45) is 0 Å². The fourth-order valence-electron chi connectivity index (χ4n) is 2.39. The molecule has 0 bridgehead atoms. The quantitative estimate of drug-likeness (QED) is 0.555. The number of hydrogen-bond donors (Lipinski definition) is 0. The van der Waals surface area contributed by atoms with Crippen LogP contribution in [0.2, 0.25) is 0 Å². The fourth-order valence-corrected chi connectivity index (χ4v) is 2.39. The van der Waals surface area contributed by atoms with E-state index in [2.05, 4.69) is 10.2 Å². The maximum atomic E-state index is 11.8. The van der Waals surface area contributed by atoms with E-state index in [0.717, 1.165) is 17.1 Å². The summed E-state index contributed by atoms with van der Waals surface area (Å²) < 4.78 is 26.7. The third-order valence-electron chi connectivity index (χ3n) is 3.59. The minimum Gasteiger partial charge on any atom is -0.494 e. The Labute approximate surface area is 156 Å². The molecule has 27 heavy (non-hydrogen) atoms. The number of aromatic nitrogens is 2. The van der Waals surface area contributed by atoms with E-state index in [-0.39, 0.29) is 19.1 Å². The molecule has 0 amide bonds. The number of nitrogens with zero attached hydrogens (tertiary/aromatic N) is 2. The fraction of sp³-hybridized carbons (Fsp3) is 0.316. The van der Waals surface area contributed by atoms with E-state index in [4.69, 9.17) is 23.0 Å². The third kappa shape index (κ3) is 4.87. The highest BCUT2D eigenvalue weighted by atomic mass is 16.6. The summed E-state index contributed by atoms with van der Waals surface area (Å²) in [5.74, 6) is 2.69. The van der Waals surface area contributed by atoms with Crippen LogP contribution in [0.1, 0.15) is 24.3 Å². The van der Waals surface area contributed by atoms with Gasteiger partial charge in [-0.1, -0.05) is 0 Å². The number of benzene rings is 1. The maximum Gasteiger partial charge on any atom is 0.344 e. The molecule has 0 fully saturated rings. The van der Waals surface area contributed by atoms with Crippen LogP contribution in [0.3, 0.4) is 0 Å². The van der Waals surface area contributed by atoms with Gasteiger partial charge in [-0.25, -0.2) is 4.79 Å². The smallest absolute Gasteiger partial charge is 0.344 e. The summed E-state index contributed by atoms with van der Waals surface area (Å²) in [6.45, 7) is 5.78. The maximum absolute atomic E-state index is 11.8. The molecule has 2 aromatic heterocycles. The average molecular weight is 372 g/mol. The minimum atomic E-state index is -0.543. The summed E-state index contributed by atoms with van der Waals surface area (Å²) in [6, 6.07) is 8.78. The van der Waals surface area contributed by atoms with Crippen molar-refractivity contribution in [3.05, 3.63) is 47.7 Å². The first kappa shape index (κ1) is 18.5. The van der Waals surface area contributed by atoms with E-state index in [1.54, 1.807) is 24.3 Å². The van der Waals surface area contributed by atoms with Crippen molar-refractivity contribution in [3.63, 3.8) is 0 Å². The standard InChI is InChI=1S/C19H20N2O6/c1-4-23-14-5-7-15(8-6-14)24-11-18(22)25-10-17-20-21-19(27-17)16-9-12(2)26-13(16)3/h5-9H,4,10-11H2,1-3H3. The van der Waals surface area contributed by atoms with Crippen LogP contribution in [0.5, 0.6) is 11.5 Å². The van der Waals surface area contributed by atoms with Gasteiger partial charge >= 0.3 is 5.97 Å². The van der Waals surface area contributed by atoms with E-state index in [0.29, 0.717) is 24.0 Å². The monoisotopic (exact) mass is 372 g/mol. The lowest BCUT2D eigenvalue weighted by molar-refractivity contribution is -0.148. The molecule has 0 spiro atoms. The van der Waals surface area contributed by atoms with Gasteiger partial charge in [0, 0.05) is 0 Å². The Bertz CT molecular complexity index is 897. The predicted octanol–water partition coefficient (Wildman–Crippen LogP) is 3.47. The van der Waals surface area contributed by atoms with Crippen molar-refractivity contribution in [2.45, 2.75) is 27.4 Å². The van der Waals surface area contributed by atoms with Crippen molar-refractivity contribution in [1.82, 2.24) is 10.2 Å². The van der Waals surface area contributed by atoms with Crippen LogP contribution in [0.4, 0.5) is 0 Å². The zero-order valence-corrected chi connectivity index (χ0v) is 15.4. The molecule has 0 unspecified atom stereocenters. The van der Waals surface area contributed by atoms with Gasteiger partial charge in [0.1, 0.15) is 23.0 Å². The molecule has 0 radical (unpaired) electrons. The first-order chi connectivity index (χ1) is 13.0. The highest BCUT2D eigenvalue weighted by Gasteiger charge is 2.15. The lowest BCUT2D eigenvalue weighted by Gasteiger charge is -2.07. The highest BCUT2D eigenvalue weighted by molar-refractivity contribution is 5.71. The number of carbonyl (C=O) groups is 1. The second-order valence-corrected chi connectivity index (χ2v) is 5.68. The summed E-state index contributed by atoms with van der Waals surface area (Å²) >= 11 is 0. The van der Waals surface area contributed by atoms with Gasteiger partial charge in [-0.2, -0.15) is 0 Å². The largest absolute Gasteiger partial charge is 0.494 e. The number of esters is 1. The van der Waals surface area contributed by atoms with Crippen LogP contribution in [-0.4, -0.2) is 29.4 Å². The third-order valence-corrected chi connectivity index (χ3v) is 3.59. The molecule has 3 aromatic rings. The van der Waals surface area contributed by atoms with Crippen LogP contribution < -0.4 is 9.47 Å². The molecule has 0 atom stereocenters. The first-order valence-electron chi connectivity index (χ1n) is 8.46. The Hall–Kier alpha value is -3.29. The van der Waals surface area contributed by atoms with E-state index in [9.17, 15) is 4.79 Å². The zero-order valence-electron chi connectivity index (χ0n) is 15.4. The normalized spacial score (nSPS) is 10.6. The van der Waals surface area contributed by atoms with Crippen molar-refractivity contribution in [2.75, 3.05) is 13.2 Å². The van der Waals surface area contributed by atoms with Crippen LogP contribution in [-0.2, 0) is 16.1 Å². The van der Waals surface area contributed by atoms with E-state index in [1.165, 1.54) is 0 Å². The Morgan fingerprint density at radius 1 is 1.04 bits per heavy atom. The van der Waals surface area contributed by atoms with Crippen molar-refractivity contribution in [1.29, 1.82) is 0 Å². The van der Waals surface area contributed by atoms with Gasteiger partial charge in [0.2, 0.25) is 0 Å². The molecule has 0 saturated carbocycles. The topological polar surface area (TPSA) is 96.8 Å². The van der Waals surface area contributed by atoms with E-state index in [1.807, 2.05) is 26.8 Å². The summed E-state index contributed by atoms with van der Waals surface area (Å²) in [5.41, 5.74) is 0.719. The van der Waals surface area contributed by atoms with Crippen LogP contribution in [0.25, 0.3) is 11.5 Å².